The SMILES string of the molecule is CCc1[nH]nc(C(=O)NC2CCC(C)C2)c1S(=O)(=O)Cl. The lowest BCUT2D eigenvalue weighted by Gasteiger charge is -2.11. The van der Waals surface area contributed by atoms with E-state index in [1.807, 2.05) is 0 Å². The van der Waals surface area contributed by atoms with Crippen LogP contribution in [0, 0.1) is 5.92 Å². The molecule has 1 aromatic rings. The standard InChI is InChI=1S/C12H18ClN3O3S/c1-3-9-11(20(13,18)19)10(16-15-9)12(17)14-8-5-4-7(2)6-8/h7-8H,3-6H2,1-2H3,(H,14,17)(H,15,16). The third-order valence-corrected chi connectivity index (χ3v) is 5.02. The highest BCUT2D eigenvalue weighted by Gasteiger charge is 2.30. The van der Waals surface area contributed by atoms with Crippen LogP contribution in [0.5, 0.6) is 0 Å². The number of aromatic amines is 1. The number of aromatic nitrogens is 2. The summed E-state index contributed by atoms with van der Waals surface area (Å²) in [5.74, 6) is 0.0844. The predicted molar refractivity (Wildman–Crippen MR) is 75.3 cm³/mol. The molecule has 1 aliphatic carbocycles. The Labute approximate surface area is 122 Å². The molecule has 20 heavy (non-hydrogen) atoms. The molecule has 0 aliphatic heterocycles. The predicted octanol–water partition coefficient (Wildman–Crippen LogP) is 1.82. The van der Waals surface area contributed by atoms with Crippen molar-refractivity contribution < 1.29 is 13.2 Å². The molecule has 1 saturated carbocycles. The van der Waals surface area contributed by atoms with Crippen molar-refractivity contribution in [3.05, 3.63) is 11.4 Å². The zero-order valence-electron chi connectivity index (χ0n) is 11.4. The van der Waals surface area contributed by atoms with E-state index in [9.17, 15) is 13.2 Å². The lowest BCUT2D eigenvalue weighted by Crippen LogP contribution is -2.33. The number of nitrogens with zero attached hydrogens (tertiary/aromatic N) is 1. The molecule has 1 amide bonds. The monoisotopic (exact) mass is 319 g/mol. The topological polar surface area (TPSA) is 91.9 Å². The fourth-order valence-electron chi connectivity index (χ4n) is 2.62. The number of hydrogen-bond donors (Lipinski definition) is 2. The lowest BCUT2D eigenvalue weighted by atomic mass is 10.1. The van der Waals surface area contributed by atoms with Crippen molar-refractivity contribution in [1.82, 2.24) is 15.5 Å². The fraction of sp³-hybridized carbons (Fsp3) is 0.667. The minimum atomic E-state index is -4.00. The van der Waals surface area contributed by atoms with E-state index in [2.05, 4.69) is 22.4 Å². The number of aryl methyl sites for hydroxylation is 1. The van der Waals surface area contributed by atoms with Gasteiger partial charge in [-0.05, 0) is 31.6 Å². The third kappa shape index (κ3) is 3.15. The normalized spacial score (nSPS) is 22.9. The van der Waals surface area contributed by atoms with Crippen LogP contribution in [0.2, 0.25) is 0 Å². The molecular weight excluding hydrogens is 302 g/mol. The van der Waals surface area contributed by atoms with Crippen LogP contribution in [-0.2, 0) is 15.5 Å². The van der Waals surface area contributed by atoms with Gasteiger partial charge in [-0.15, -0.1) is 0 Å². The van der Waals surface area contributed by atoms with E-state index in [1.165, 1.54) is 0 Å². The minimum Gasteiger partial charge on any atom is -0.348 e. The Balaban J connectivity index is 2.24. The maximum Gasteiger partial charge on any atom is 0.273 e. The summed E-state index contributed by atoms with van der Waals surface area (Å²) in [5.41, 5.74) is 0.210. The zero-order chi connectivity index (χ0) is 14.9. The van der Waals surface area contributed by atoms with Gasteiger partial charge in [0.15, 0.2) is 5.69 Å². The first-order valence-corrected chi connectivity index (χ1v) is 8.96. The zero-order valence-corrected chi connectivity index (χ0v) is 13.0. The number of carbonyl (C=O) groups is 1. The number of hydrogen-bond acceptors (Lipinski definition) is 4. The molecule has 0 radical (unpaired) electrons. The molecule has 1 fully saturated rings. The number of rotatable bonds is 4. The quantitative estimate of drug-likeness (QED) is 0.828. The average molecular weight is 320 g/mol. The smallest absolute Gasteiger partial charge is 0.273 e. The van der Waals surface area contributed by atoms with Crippen molar-refractivity contribution in [2.24, 2.45) is 5.92 Å². The van der Waals surface area contributed by atoms with E-state index in [0.29, 0.717) is 18.0 Å². The molecule has 8 heteroatoms. The lowest BCUT2D eigenvalue weighted by molar-refractivity contribution is 0.0929. The Morgan fingerprint density at radius 3 is 2.70 bits per heavy atom. The van der Waals surface area contributed by atoms with E-state index in [0.717, 1.165) is 19.3 Å². The Morgan fingerprint density at radius 2 is 2.20 bits per heavy atom. The van der Waals surface area contributed by atoms with Crippen LogP contribution in [0.1, 0.15) is 49.3 Å². The van der Waals surface area contributed by atoms with E-state index < -0.39 is 15.0 Å². The molecule has 1 aliphatic rings. The Kier molecular flexibility index (Phi) is 4.39. The van der Waals surface area contributed by atoms with Gasteiger partial charge in [0.25, 0.3) is 15.0 Å². The molecule has 0 bridgehead atoms. The van der Waals surface area contributed by atoms with Gasteiger partial charge in [0.1, 0.15) is 4.90 Å². The highest BCUT2D eigenvalue weighted by Crippen LogP contribution is 2.26. The molecule has 2 atom stereocenters. The summed E-state index contributed by atoms with van der Waals surface area (Å²) in [7, 11) is 1.40. The van der Waals surface area contributed by atoms with Crippen LogP contribution >= 0.6 is 10.7 Å². The van der Waals surface area contributed by atoms with Crippen LogP contribution in [0.3, 0.4) is 0 Å². The van der Waals surface area contributed by atoms with Crippen molar-refractivity contribution in [3.63, 3.8) is 0 Å². The maximum atomic E-state index is 12.2. The van der Waals surface area contributed by atoms with Crippen molar-refractivity contribution in [2.45, 2.75) is 50.5 Å². The summed E-state index contributed by atoms with van der Waals surface area (Å²) in [4.78, 5) is 12.0. The van der Waals surface area contributed by atoms with Crippen molar-refractivity contribution in [3.8, 4) is 0 Å². The first kappa shape index (κ1) is 15.3. The van der Waals surface area contributed by atoms with Crippen molar-refractivity contribution in [2.75, 3.05) is 0 Å². The second kappa shape index (κ2) is 5.73. The van der Waals surface area contributed by atoms with Gasteiger partial charge >= 0.3 is 0 Å². The van der Waals surface area contributed by atoms with Crippen molar-refractivity contribution >= 4 is 25.6 Å². The van der Waals surface area contributed by atoms with Crippen molar-refractivity contribution in [1.29, 1.82) is 0 Å². The molecule has 2 rings (SSSR count). The second-order valence-electron chi connectivity index (χ2n) is 5.26. The first-order chi connectivity index (χ1) is 9.32. The minimum absolute atomic E-state index is 0.0742. The van der Waals surface area contributed by atoms with Gasteiger partial charge in [0.2, 0.25) is 0 Å². The molecule has 6 nitrogen and oxygen atoms in total. The van der Waals surface area contributed by atoms with Gasteiger partial charge in [-0.1, -0.05) is 13.8 Å². The number of H-pyrrole nitrogens is 1. The van der Waals surface area contributed by atoms with Gasteiger partial charge in [-0.3, -0.25) is 9.89 Å². The first-order valence-electron chi connectivity index (χ1n) is 6.65. The Bertz CT molecular complexity index is 611. The van der Waals surface area contributed by atoms with Crippen LogP contribution in [0.4, 0.5) is 0 Å². The van der Waals surface area contributed by atoms with Gasteiger partial charge in [0.05, 0.1) is 5.69 Å². The fourth-order valence-corrected chi connectivity index (χ4v) is 3.97. The molecule has 1 heterocycles. The summed E-state index contributed by atoms with van der Waals surface area (Å²) < 4.78 is 23.2. The Morgan fingerprint density at radius 1 is 1.50 bits per heavy atom. The number of halogens is 1. The van der Waals surface area contributed by atoms with E-state index in [1.54, 1.807) is 6.92 Å². The van der Waals surface area contributed by atoms with E-state index in [-0.39, 0.29) is 16.6 Å². The van der Waals surface area contributed by atoms with E-state index >= 15 is 0 Å². The third-order valence-electron chi connectivity index (χ3n) is 3.63. The summed E-state index contributed by atoms with van der Waals surface area (Å²) in [5, 5.41) is 9.22. The van der Waals surface area contributed by atoms with Gasteiger partial charge in [-0.2, -0.15) is 5.10 Å². The summed E-state index contributed by atoms with van der Waals surface area (Å²) in [6, 6.07) is 0.0742. The van der Waals surface area contributed by atoms with Crippen LogP contribution in [-0.4, -0.2) is 30.6 Å². The molecule has 0 saturated heterocycles. The molecule has 0 spiro atoms. The van der Waals surface area contributed by atoms with Crippen LogP contribution in [0.15, 0.2) is 4.90 Å². The van der Waals surface area contributed by atoms with Gasteiger partial charge in [-0.25, -0.2) is 8.42 Å². The van der Waals surface area contributed by atoms with E-state index in [4.69, 9.17) is 10.7 Å². The second-order valence-corrected chi connectivity index (χ2v) is 7.76. The number of carbonyl (C=O) groups excluding carboxylic acids is 1. The Hall–Kier alpha value is -1.08. The molecule has 112 valence electrons. The average Bonchev–Trinajstić information content (AvgIpc) is 2.94. The number of amides is 1. The van der Waals surface area contributed by atoms with Gasteiger partial charge in [0, 0.05) is 16.7 Å². The highest BCUT2D eigenvalue weighted by molar-refractivity contribution is 8.13. The molecular formula is C12H18ClN3O3S. The van der Waals surface area contributed by atoms with Crippen LogP contribution in [0.25, 0.3) is 0 Å². The molecule has 2 N–H and O–H groups in total. The molecule has 1 aromatic heterocycles. The highest BCUT2D eigenvalue weighted by atomic mass is 35.7. The number of nitrogens with one attached hydrogen (secondary N) is 2. The summed E-state index contributed by atoms with van der Waals surface area (Å²) in [6.45, 7) is 3.89. The molecule has 0 aromatic carbocycles. The largest absolute Gasteiger partial charge is 0.348 e. The van der Waals surface area contributed by atoms with Gasteiger partial charge < -0.3 is 5.32 Å². The summed E-state index contributed by atoms with van der Waals surface area (Å²) >= 11 is 0. The van der Waals surface area contributed by atoms with Crippen LogP contribution < -0.4 is 5.32 Å². The molecule has 2 unspecified atom stereocenters. The maximum absolute atomic E-state index is 12.2. The summed E-state index contributed by atoms with van der Waals surface area (Å²) in [6.07, 6.45) is 3.27.